The number of hydrogen-bond acceptors (Lipinski definition) is 6. The Hall–Kier alpha value is -4.37. The van der Waals surface area contributed by atoms with Gasteiger partial charge in [-0.25, -0.2) is 23.7 Å². The zero-order chi connectivity index (χ0) is 24.4. The molecule has 3 aromatic carbocycles. The van der Waals surface area contributed by atoms with Gasteiger partial charge < -0.3 is 9.15 Å². The Morgan fingerprint density at radius 3 is 2.56 bits per heavy atom. The Bertz CT molecular complexity index is 1880. The number of halogens is 2. The van der Waals surface area contributed by atoms with Crippen LogP contribution in [0.2, 0.25) is 0 Å². The van der Waals surface area contributed by atoms with Gasteiger partial charge in [0, 0.05) is 10.0 Å². The fourth-order valence-corrected chi connectivity index (χ4v) is 5.14. The standard InChI is InChI=1S/C27H14BrFN4O3/c28-18-7-3-1-5-16(18)24-31-25-22-20(14-9-11-15(29)12-10-14)21-23(36-26(22)30-13-33(25)32-24)17-6-2-4-8-19(17)35-27(21)34/h1-13,20H. The molecule has 0 fully saturated rings. The number of aromatic nitrogens is 4. The van der Waals surface area contributed by atoms with Gasteiger partial charge in [-0.2, -0.15) is 0 Å². The van der Waals surface area contributed by atoms with Crippen molar-refractivity contribution in [2.24, 2.45) is 0 Å². The minimum absolute atomic E-state index is 0.297. The number of ether oxygens (including phenoxy) is 1. The van der Waals surface area contributed by atoms with Crippen LogP contribution in [0.3, 0.4) is 0 Å². The molecule has 1 aliphatic heterocycles. The van der Waals surface area contributed by atoms with Gasteiger partial charge in [0.1, 0.15) is 17.7 Å². The summed E-state index contributed by atoms with van der Waals surface area (Å²) in [5.41, 5.74) is 2.65. The largest absolute Gasteiger partial charge is 0.437 e. The van der Waals surface area contributed by atoms with Gasteiger partial charge >= 0.3 is 5.63 Å². The zero-order valence-corrected chi connectivity index (χ0v) is 19.9. The number of para-hydroxylation sites is 1. The molecule has 0 saturated heterocycles. The molecule has 0 saturated carbocycles. The van der Waals surface area contributed by atoms with Crippen LogP contribution in [0, 0.1) is 5.82 Å². The second-order valence-corrected chi connectivity index (χ2v) is 9.22. The van der Waals surface area contributed by atoms with E-state index in [1.54, 1.807) is 28.8 Å². The van der Waals surface area contributed by atoms with Crippen LogP contribution in [-0.2, 0) is 0 Å². The molecule has 1 unspecified atom stereocenters. The maximum atomic E-state index is 13.9. The van der Waals surface area contributed by atoms with Crippen LogP contribution in [0.4, 0.5) is 4.39 Å². The number of nitrogens with zero attached hydrogens (tertiary/aromatic N) is 4. The number of fused-ring (bicyclic) bond motifs is 6. The lowest BCUT2D eigenvalue weighted by Crippen LogP contribution is -2.22. The normalized spacial score (nSPS) is 14.4. The maximum absolute atomic E-state index is 13.9. The fourth-order valence-electron chi connectivity index (χ4n) is 4.67. The first-order chi connectivity index (χ1) is 17.6. The Balaban J connectivity index is 1.55. The summed E-state index contributed by atoms with van der Waals surface area (Å²) in [6.07, 6.45) is 1.53. The average Bonchev–Trinajstić information content (AvgIpc) is 3.33. The quantitative estimate of drug-likeness (QED) is 0.247. The molecule has 0 amide bonds. The first kappa shape index (κ1) is 21.0. The van der Waals surface area contributed by atoms with E-state index in [-0.39, 0.29) is 5.82 Å². The van der Waals surface area contributed by atoms with Gasteiger partial charge in [0.2, 0.25) is 5.88 Å². The predicted molar refractivity (Wildman–Crippen MR) is 134 cm³/mol. The van der Waals surface area contributed by atoms with E-state index in [0.717, 1.165) is 10.0 Å². The molecule has 0 spiro atoms. The van der Waals surface area contributed by atoms with Crippen molar-refractivity contribution in [3.8, 4) is 23.0 Å². The van der Waals surface area contributed by atoms with E-state index in [9.17, 15) is 9.18 Å². The molecule has 4 heterocycles. The number of hydrogen-bond donors (Lipinski definition) is 0. The Labute approximate surface area is 211 Å². The molecule has 7 rings (SSSR count). The van der Waals surface area contributed by atoms with Crippen LogP contribution in [0.1, 0.15) is 22.6 Å². The van der Waals surface area contributed by atoms with Crippen LogP contribution in [0.25, 0.3) is 28.0 Å². The summed E-state index contributed by atoms with van der Waals surface area (Å²) in [4.78, 5) is 22.7. The summed E-state index contributed by atoms with van der Waals surface area (Å²) < 4.78 is 28.2. The van der Waals surface area contributed by atoms with E-state index < -0.39 is 11.5 Å². The number of benzene rings is 3. The van der Waals surface area contributed by atoms with Crippen molar-refractivity contribution in [1.82, 2.24) is 19.6 Å². The van der Waals surface area contributed by atoms with Crippen molar-refractivity contribution >= 4 is 32.5 Å². The third-order valence-corrected chi connectivity index (χ3v) is 6.97. The smallest absolute Gasteiger partial charge is 0.344 e. The van der Waals surface area contributed by atoms with E-state index in [2.05, 4.69) is 26.0 Å². The summed E-state index contributed by atoms with van der Waals surface area (Å²) in [5, 5.41) is 5.26. The molecular formula is C27H14BrFN4O3. The van der Waals surface area contributed by atoms with Crippen LogP contribution >= 0.6 is 15.9 Å². The summed E-state index contributed by atoms with van der Waals surface area (Å²) in [7, 11) is 0. The molecule has 1 aliphatic rings. The van der Waals surface area contributed by atoms with Gasteiger partial charge in [0.25, 0.3) is 0 Å². The molecule has 0 bridgehead atoms. The third-order valence-electron chi connectivity index (χ3n) is 6.28. The van der Waals surface area contributed by atoms with Crippen molar-refractivity contribution in [2.75, 3.05) is 0 Å². The minimum atomic E-state index is -0.669. The van der Waals surface area contributed by atoms with Crippen molar-refractivity contribution in [3.05, 3.63) is 117 Å². The zero-order valence-electron chi connectivity index (χ0n) is 18.4. The Morgan fingerprint density at radius 2 is 1.72 bits per heavy atom. The predicted octanol–water partition coefficient (Wildman–Crippen LogP) is 6.09. The lowest BCUT2D eigenvalue weighted by atomic mass is 9.84. The molecule has 36 heavy (non-hydrogen) atoms. The summed E-state index contributed by atoms with van der Waals surface area (Å²) in [6, 6.07) is 20.8. The third kappa shape index (κ3) is 3.09. The molecule has 3 aromatic heterocycles. The van der Waals surface area contributed by atoms with Gasteiger partial charge in [0.05, 0.1) is 22.4 Å². The highest BCUT2D eigenvalue weighted by Gasteiger charge is 2.37. The molecule has 0 radical (unpaired) electrons. The molecular weight excluding hydrogens is 527 g/mol. The van der Waals surface area contributed by atoms with Crippen molar-refractivity contribution in [2.45, 2.75) is 5.92 Å². The molecule has 0 N–H and O–H groups in total. The summed E-state index contributed by atoms with van der Waals surface area (Å²) >= 11 is 3.56. The first-order valence-electron chi connectivity index (χ1n) is 11.1. The van der Waals surface area contributed by atoms with Gasteiger partial charge in [0.15, 0.2) is 17.2 Å². The summed E-state index contributed by atoms with van der Waals surface area (Å²) in [5.74, 6) is 0.0913. The lowest BCUT2D eigenvalue weighted by Gasteiger charge is -2.27. The highest BCUT2D eigenvalue weighted by atomic mass is 79.9. The molecule has 0 aliphatic carbocycles. The van der Waals surface area contributed by atoms with E-state index in [1.165, 1.54) is 18.5 Å². The Morgan fingerprint density at radius 1 is 0.944 bits per heavy atom. The van der Waals surface area contributed by atoms with Gasteiger partial charge in [-0.15, -0.1) is 5.10 Å². The monoisotopic (exact) mass is 540 g/mol. The molecule has 9 heteroatoms. The van der Waals surface area contributed by atoms with Crippen LogP contribution in [-0.4, -0.2) is 19.6 Å². The second-order valence-electron chi connectivity index (χ2n) is 8.36. The SMILES string of the molecule is O=c1oc2ccccc2c2c1C(c1ccc(F)cc1)c1c(ncn3nc(-c4ccccc4Br)nc13)O2. The van der Waals surface area contributed by atoms with Crippen LogP contribution in [0.15, 0.2) is 92.8 Å². The number of rotatable bonds is 2. The lowest BCUT2D eigenvalue weighted by molar-refractivity contribution is 0.422. The molecule has 174 valence electrons. The topological polar surface area (TPSA) is 82.5 Å². The highest BCUT2D eigenvalue weighted by Crippen LogP contribution is 2.48. The average molecular weight is 541 g/mol. The first-order valence-corrected chi connectivity index (χ1v) is 11.9. The second kappa shape index (κ2) is 7.82. The van der Waals surface area contributed by atoms with Crippen molar-refractivity contribution in [1.29, 1.82) is 0 Å². The van der Waals surface area contributed by atoms with E-state index in [0.29, 0.717) is 50.8 Å². The highest BCUT2D eigenvalue weighted by molar-refractivity contribution is 9.10. The fraction of sp³-hybridized carbons (Fsp3) is 0.0370. The van der Waals surface area contributed by atoms with E-state index >= 15 is 0 Å². The van der Waals surface area contributed by atoms with Gasteiger partial charge in [-0.1, -0.05) is 52.3 Å². The molecule has 1 atom stereocenters. The molecule has 6 aromatic rings. The van der Waals surface area contributed by atoms with Crippen molar-refractivity contribution in [3.63, 3.8) is 0 Å². The van der Waals surface area contributed by atoms with Crippen LogP contribution in [0.5, 0.6) is 11.6 Å². The Kier molecular flexibility index (Phi) is 4.55. The van der Waals surface area contributed by atoms with E-state index in [4.69, 9.17) is 14.1 Å². The maximum Gasteiger partial charge on any atom is 0.344 e. The molecule has 7 nitrogen and oxygen atoms in total. The van der Waals surface area contributed by atoms with Gasteiger partial charge in [-0.05, 0) is 42.0 Å². The van der Waals surface area contributed by atoms with E-state index in [1.807, 2.05) is 36.4 Å². The van der Waals surface area contributed by atoms with Crippen molar-refractivity contribution < 1.29 is 13.5 Å². The minimum Gasteiger partial charge on any atom is -0.437 e. The summed E-state index contributed by atoms with van der Waals surface area (Å²) in [6.45, 7) is 0. The van der Waals surface area contributed by atoms with Gasteiger partial charge in [-0.3, -0.25) is 0 Å². The van der Waals surface area contributed by atoms with Crippen LogP contribution < -0.4 is 10.4 Å².